The molecule has 54 valence electrons. The van der Waals surface area contributed by atoms with E-state index < -0.39 is 21.2 Å². The third-order valence-corrected chi connectivity index (χ3v) is 1.65. The van der Waals surface area contributed by atoms with E-state index in [2.05, 4.69) is 22.9 Å². The van der Waals surface area contributed by atoms with E-state index in [0.29, 0.717) is 0 Å². The lowest BCUT2D eigenvalue weighted by Crippen LogP contribution is -2.22. The van der Waals surface area contributed by atoms with Gasteiger partial charge in [0.2, 0.25) is 15.3 Å². The standard InChI is InChI=1S/C3H2N2O3S2/c6-1-2(10(7)8)5-3(9)4-1/h(H2,4,5,6,9). The van der Waals surface area contributed by atoms with E-state index in [4.69, 9.17) is 0 Å². The maximum absolute atomic E-state index is 10.5. The van der Waals surface area contributed by atoms with Gasteiger partial charge in [-0.05, 0) is 12.2 Å². The minimum atomic E-state index is -2.54. The topological polar surface area (TPSA) is 75.3 Å². The Balaban J connectivity index is 3.18. The Kier molecular flexibility index (Phi) is 1.68. The highest BCUT2D eigenvalue weighted by Crippen LogP contribution is 1.81. The van der Waals surface area contributed by atoms with Gasteiger partial charge in [0.25, 0.3) is 5.91 Å². The number of rotatable bonds is 0. The largest absolute Gasteiger partial charge is 0.315 e. The van der Waals surface area contributed by atoms with Crippen LogP contribution in [0.2, 0.25) is 0 Å². The summed E-state index contributed by atoms with van der Waals surface area (Å²) in [6, 6.07) is 0. The molecule has 7 heteroatoms. The zero-order valence-corrected chi connectivity index (χ0v) is 6.17. The zero-order valence-electron chi connectivity index (χ0n) is 4.54. The highest BCUT2D eigenvalue weighted by atomic mass is 32.2. The van der Waals surface area contributed by atoms with Gasteiger partial charge in [-0.1, -0.05) is 0 Å². The minimum Gasteiger partial charge on any atom is -0.315 e. The molecule has 1 aliphatic heterocycles. The van der Waals surface area contributed by atoms with E-state index >= 15 is 0 Å². The molecule has 0 aliphatic carbocycles. The summed E-state index contributed by atoms with van der Waals surface area (Å²) in [4.78, 5) is 10.1. The third-order valence-electron chi connectivity index (χ3n) is 0.827. The van der Waals surface area contributed by atoms with Gasteiger partial charge in [0.1, 0.15) is 0 Å². The van der Waals surface area contributed by atoms with Crippen molar-refractivity contribution in [2.75, 3.05) is 0 Å². The van der Waals surface area contributed by atoms with E-state index in [1.807, 2.05) is 0 Å². The average Bonchev–Trinajstić information content (AvgIpc) is 2.10. The van der Waals surface area contributed by atoms with Gasteiger partial charge in [-0.15, -0.1) is 0 Å². The van der Waals surface area contributed by atoms with E-state index in [1.165, 1.54) is 0 Å². The molecule has 0 spiro atoms. The molecule has 1 heterocycles. The molecule has 1 saturated heterocycles. The molecule has 5 nitrogen and oxygen atoms in total. The van der Waals surface area contributed by atoms with Gasteiger partial charge >= 0.3 is 0 Å². The van der Waals surface area contributed by atoms with Gasteiger partial charge < -0.3 is 5.32 Å². The van der Waals surface area contributed by atoms with Crippen LogP contribution in [0.1, 0.15) is 0 Å². The summed E-state index contributed by atoms with van der Waals surface area (Å²) in [7, 11) is -2.54. The number of amides is 1. The molecule has 0 bridgehead atoms. The number of thiocarbonyl (C=S) groups is 1. The second-order valence-electron chi connectivity index (χ2n) is 1.47. The fraction of sp³-hybridized carbons (Fsp3) is 0. The van der Waals surface area contributed by atoms with Gasteiger partial charge in [-0.25, -0.2) is 0 Å². The molecule has 1 rings (SSSR count). The van der Waals surface area contributed by atoms with Crippen molar-refractivity contribution in [3.8, 4) is 0 Å². The lowest BCUT2D eigenvalue weighted by Gasteiger charge is -1.83. The van der Waals surface area contributed by atoms with Crippen LogP contribution in [0.25, 0.3) is 0 Å². The van der Waals surface area contributed by atoms with Crippen molar-refractivity contribution in [3.05, 3.63) is 0 Å². The highest BCUT2D eigenvalue weighted by molar-refractivity contribution is 7.81. The Labute approximate surface area is 62.9 Å². The molecule has 1 fully saturated rings. The van der Waals surface area contributed by atoms with Crippen molar-refractivity contribution in [1.82, 2.24) is 10.6 Å². The van der Waals surface area contributed by atoms with Crippen LogP contribution in [0.5, 0.6) is 0 Å². The number of carbonyl (C=O) groups excluding carboxylic acids is 1. The first kappa shape index (κ1) is 7.16. The first-order valence-corrected chi connectivity index (χ1v) is 3.68. The molecule has 0 atom stereocenters. The minimum absolute atomic E-state index is 0.0178. The molecule has 0 unspecified atom stereocenters. The lowest BCUT2D eigenvalue weighted by atomic mass is 10.7. The van der Waals surface area contributed by atoms with Crippen LogP contribution in [0.15, 0.2) is 0 Å². The summed E-state index contributed by atoms with van der Waals surface area (Å²) >= 11 is 4.46. The molecule has 0 aromatic heterocycles. The van der Waals surface area contributed by atoms with Crippen LogP contribution in [-0.2, 0) is 15.1 Å². The third kappa shape index (κ3) is 1.14. The number of carbonyl (C=O) groups is 1. The molecule has 2 N–H and O–H groups in total. The van der Waals surface area contributed by atoms with Gasteiger partial charge in [0.05, 0.1) is 0 Å². The number of nitrogens with one attached hydrogen (secondary N) is 2. The molecule has 0 aromatic carbocycles. The first-order valence-electron chi connectivity index (χ1n) is 2.20. The smallest absolute Gasteiger partial charge is 0.290 e. The zero-order chi connectivity index (χ0) is 7.72. The van der Waals surface area contributed by atoms with Crippen molar-refractivity contribution in [1.29, 1.82) is 0 Å². The quantitative estimate of drug-likeness (QED) is 0.420. The average molecular weight is 178 g/mol. The fourth-order valence-electron chi connectivity index (χ4n) is 0.468. The summed E-state index contributed by atoms with van der Waals surface area (Å²) in [6.45, 7) is 0. The second-order valence-corrected chi connectivity index (χ2v) is 2.76. The van der Waals surface area contributed by atoms with Crippen LogP contribution in [-0.4, -0.2) is 24.4 Å². The molecular formula is C3H2N2O3S2. The van der Waals surface area contributed by atoms with Gasteiger partial charge in [-0.2, -0.15) is 8.42 Å². The predicted molar refractivity (Wildman–Crippen MR) is 37.8 cm³/mol. The first-order chi connectivity index (χ1) is 4.61. The molecule has 0 aromatic rings. The molecule has 1 amide bonds. The van der Waals surface area contributed by atoms with Gasteiger partial charge in [0, 0.05) is 0 Å². The Bertz CT molecular complexity index is 320. The Hall–Kier alpha value is -0.950. The van der Waals surface area contributed by atoms with Crippen LogP contribution in [0.4, 0.5) is 0 Å². The monoisotopic (exact) mass is 178 g/mol. The SMILES string of the molecule is O=C1NC(=S)NC1=S(=O)=O. The number of hydrogen-bond donors (Lipinski definition) is 2. The maximum Gasteiger partial charge on any atom is 0.290 e. The van der Waals surface area contributed by atoms with Crippen molar-refractivity contribution in [2.45, 2.75) is 0 Å². The van der Waals surface area contributed by atoms with Crippen molar-refractivity contribution in [3.63, 3.8) is 0 Å². The summed E-state index contributed by atoms with van der Waals surface area (Å²) in [5, 5.41) is 4.30. The van der Waals surface area contributed by atoms with Crippen molar-refractivity contribution >= 4 is 38.5 Å². The Morgan fingerprint density at radius 1 is 1.30 bits per heavy atom. The number of hydrogen-bond acceptors (Lipinski definition) is 4. The van der Waals surface area contributed by atoms with Crippen molar-refractivity contribution in [2.24, 2.45) is 0 Å². The lowest BCUT2D eigenvalue weighted by molar-refractivity contribution is -0.113. The van der Waals surface area contributed by atoms with Crippen LogP contribution in [0, 0.1) is 0 Å². The van der Waals surface area contributed by atoms with Crippen molar-refractivity contribution < 1.29 is 13.2 Å². The Morgan fingerprint density at radius 2 is 1.90 bits per heavy atom. The van der Waals surface area contributed by atoms with Crippen LogP contribution in [0.3, 0.4) is 0 Å². The summed E-state index contributed by atoms with van der Waals surface area (Å²) in [5.74, 6) is -0.710. The van der Waals surface area contributed by atoms with Gasteiger partial charge in [0.15, 0.2) is 5.11 Å². The summed E-state index contributed by atoms with van der Waals surface area (Å²) in [6.07, 6.45) is 0. The maximum atomic E-state index is 10.5. The van der Waals surface area contributed by atoms with Crippen LogP contribution >= 0.6 is 12.2 Å². The molecule has 10 heavy (non-hydrogen) atoms. The van der Waals surface area contributed by atoms with E-state index in [9.17, 15) is 13.2 Å². The second kappa shape index (κ2) is 2.35. The Morgan fingerprint density at radius 3 is 2.10 bits per heavy atom. The molecule has 1 aliphatic rings. The predicted octanol–water partition coefficient (Wildman–Crippen LogP) is -2.00. The van der Waals surface area contributed by atoms with Gasteiger partial charge in [-0.3, -0.25) is 10.1 Å². The van der Waals surface area contributed by atoms with E-state index in [-0.39, 0.29) is 5.11 Å². The molecular weight excluding hydrogens is 176 g/mol. The highest BCUT2D eigenvalue weighted by Gasteiger charge is 2.22. The normalized spacial score (nSPS) is 16.6. The summed E-state index contributed by atoms with van der Waals surface area (Å²) < 4.78 is 20.3. The summed E-state index contributed by atoms with van der Waals surface area (Å²) in [5.41, 5.74) is 0. The molecule has 0 saturated carbocycles. The van der Waals surface area contributed by atoms with E-state index in [1.54, 1.807) is 0 Å². The molecule has 0 radical (unpaired) electrons. The van der Waals surface area contributed by atoms with Crippen LogP contribution < -0.4 is 10.6 Å². The fourth-order valence-corrected chi connectivity index (χ4v) is 1.12. The van der Waals surface area contributed by atoms with E-state index in [0.717, 1.165) is 0 Å².